The molecule has 27 heavy (non-hydrogen) atoms. The van der Waals surface area contributed by atoms with Gasteiger partial charge in [-0.05, 0) is 29.3 Å². The Kier molecular flexibility index (Phi) is 5.52. The molecule has 0 spiro atoms. The number of hydrogen-bond acceptors (Lipinski definition) is 5. The summed E-state index contributed by atoms with van der Waals surface area (Å²) >= 11 is 0. The second-order valence-electron chi connectivity index (χ2n) is 5.97. The Morgan fingerprint density at radius 1 is 1.07 bits per heavy atom. The van der Waals surface area contributed by atoms with E-state index in [0.717, 1.165) is 16.8 Å². The van der Waals surface area contributed by atoms with Gasteiger partial charge in [0.05, 0.1) is 26.3 Å². The van der Waals surface area contributed by atoms with Crippen molar-refractivity contribution >= 4 is 22.8 Å². The Morgan fingerprint density at radius 2 is 1.81 bits per heavy atom. The molecule has 0 aliphatic rings. The van der Waals surface area contributed by atoms with Crippen molar-refractivity contribution in [1.29, 1.82) is 0 Å². The topological polar surface area (TPSA) is 80.4 Å². The highest BCUT2D eigenvalue weighted by Crippen LogP contribution is 2.28. The lowest BCUT2D eigenvalue weighted by Crippen LogP contribution is -2.23. The molecule has 6 nitrogen and oxygen atoms in total. The van der Waals surface area contributed by atoms with E-state index in [0.29, 0.717) is 17.4 Å². The van der Waals surface area contributed by atoms with E-state index in [1.165, 1.54) is 26.4 Å². The third kappa shape index (κ3) is 4.15. The maximum atomic E-state index is 13.8. The predicted octanol–water partition coefficient (Wildman–Crippen LogP) is 3.02. The number of H-pyrrole nitrogens is 1. The highest BCUT2D eigenvalue weighted by atomic mass is 19.1. The average molecular weight is 370 g/mol. The van der Waals surface area contributed by atoms with Crippen molar-refractivity contribution < 1.29 is 23.5 Å². The average Bonchev–Trinajstić information content (AvgIpc) is 3.10. The maximum Gasteiger partial charge on any atom is 0.338 e. The number of halogens is 1. The summed E-state index contributed by atoms with van der Waals surface area (Å²) in [5.74, 6) is -1.42. The number of hydrogen-bond donors (Lipinski definition) is 2. The lowest BCUT2D eigenvalue weighted by Gasteiger charge is -2.05. The van der Waals surface area contributed by atoms with Crippen LogP contribution in [0.1, 0.15) is 15.9 Å². The number of aromatic amines is 1. The fourth-order valence-corrected chi connectivity index (χ4v) is 2.82. The molecule has 140 valence electrons. The number of carbonyl (C=O) groups excluding carboxylic acids is 2. The van der Waals surface area contributed by atoms with E-state index in [-0.39, 0.29) is 18.1 Å². The van der Waals surface area contributed by atoms with E-state index in [9.17, 15) is 14.0 Å². The molecule has 1 aromatic heterocycles. The Morgan fingerprint density at radius 3 is 2.48 bits per heavy atom. The molecule has 0 bridgehead atoms. The second-order valence-corrected chi connectivity index (χ2v) is 5.97. The van der Waals surface area contributed by atoms with Crippen LogP contribution in [0.15, 0.2) is 42.5 Å². The monoisotopic (exact) mass is 370 g/mol. The SMILES string of the molecule is COC(=O)CNCc1ccc(-c2cc3c(C(=O)OC)cc(F)cc3[nH]2)cc1. The Labute approximate surface area is 155 Å². The molecular weight excluding hydrogens is 351 g/mol. The Balaban J connectivity index is 1.83. The molecule has 2 N–H and O–H groups in total. The lowest BCUT2D eigenvalue weighted by molar-refractivity contribution is -0.139. The molecule has 0 saturated carbocycles. The van der Waals surface area contributed by atoms with Crippen LogP contribution in [0.3, 0.4) is 0 Å². The first-order chi connectivity index (χ1) is 13.0. The minimum atomic E-state index is -0.586. The molecular formula is C20H19FN2O4. The summed E-state index contributed by atoms with van der Waals surface area (Å²) in [6.07, 6.45) is 0. The van der Waals surface area contributed by atoms with E-state index >= 15 is 0 Å². The standard InChI is InChI=1S/C20H19FN2O4/c1-26-19(24)11-22-10-12-3-5-13(6-4-12)17-9-15-16(20(25)27-2)7-14(21)8-18(15)23-17/h3-9,22-23H,10-11H2,1-2H3. The first-order valence-electron chi connectivity index (χ1n) is 8.29. The summed E-state index contributed by atoms with van der Waals surface area (Å²) in [7, 11) is 2.61. The van der Waals surface area contributed by atoms with Crippen molar-refractivity contribution in [1.82, 2.24) is 10.3 Å². The molecule has 0 radical (unpaired) electrons. The van der Waals surface area contributed by atoms with Gasteiger partial charge >= 0.3 is 11.9 Å². The summed E-state index contributed by atoms with van der Waals surface area (Å²) in [6.45, 7) is 0.669. The molecule has 3 aromatic rings. The van der Waals surface area contributed by atoms with Gasteiger partial charge in [-0.3, -0.25) is 4.79 Å². The minimum Gasteiger partial charge on any atom is -0.468 e. The van der Waals surface area contributed by atoms with Crippen molar-refractivity contribution in [2.45, 2.75) is 6.54 Å². The van der Waals surface area contributed by atoms with E-state index in [1.54, 1.807) is 6.07 Å². The predicted molar refractivity (Wildman–Crippen MR) is 98.8 cm³/mol. The van der Waals surface area contributed by atoms with Crippen LogP contribution < -0.4 is 5.32 Å². The minimum absolute atomic E-state index is 0.141. The first kappa shape index (κ1) is 18.6. The number of nitrogens with one attached hydrogen (secondary N) is 2. The molecule has 0 atom stereocenters. The van der Waals surface area contributed by atoms with Crippen molar-refractivity contribution in [3.63, 3.8) is 0 Å². The van der Waals surface area contributed by atoms with Gasteiger partial charge < -0.3 is 19.8 Å². The van der Waals surface area contributed by atoms with Crippen molar-refractivity contribution in [3.05, 3.63) is 59.4 Å². The van der Waals surface area contributed by atoms with Crippen LogP contribution in [0.2, 0.25) is 0 Å². The molecule has 1 heterocycles. The van der Waals surface area contributed by atoms with E-state index in [1.807, 2.05) is 24.3 Å². The van der Waals surface area contributed by atoms with Crippen LogP contribution in [0.25, 0.3) is 22.2 Å². The molecule has 0 saturated heterocycles. The number of esters is 2. The van der Waals surface area contributed by atoms with Gasteiger partial charge in [-0.15, -0.1) is 0 Å². The fraction of sp³-hybridized carbons (Fsp3) is 0.200. The van der Waals surface area contributed by atoms with Gasteiger partial charge in [-0.2, -0.15) is 0 Å². The third-order valence-corrected chi connectivity index (χ3v) is 4.20. The van der Waals surface area contributed by atoms with Crippen LogP contribution >= 0.6 is 0 Å². The number of benzene rings is 2. The number of ether oxygens (including phenoxy) is 2. The summed E-state index contributed by atoms with van der Waals surface area (Å²) in [4.78, 5) is 26.1. The zero-order chi connectivity index (χ0) is 19.4. The lowest BCUT2D eigenvalue weighted by atomic mass is 10.1. The summed E-state index contributed by atoms with van der Waals surface area (Å²) < 4.78 is 23.1. The van der Waals surface area contributed by atoms with Gasteiger partial charge in [0.25, 0.3) is 0 Å². The number of methoxy groups -OCH3 is 2. The van der Waals surface area contributed by atoms with Crippen molar-refractivity contribution in [3.8, 4) is 11.3 Å². The zero-order valence-electron chi connectivity index (χ0n) is 15.0. The summed E-state index contributed by atoms with van der Waals surface area (Å²) in [5, 5.41) is 3.59. The Bertz CT molecular complexity index is 980. The van der Waals surface area contributed by atoms with Crippen LogP contribution in [0.4, 0.5) is 4.39 Å². The summed E-state index contributed by atoms with van der Waals surface area (Å²) in [6, 6.07) is 12.0. The molecule has 0 aliphatic heterocycles. The van der Waals surface area contributed by atoms with Crippen molar-refractivity contribution in [2.75, 3.05) is 20.8 Å². The van der Waals surface area contributed by atoms with Gasteiger partial charge in [0.2, 0.25) is 0 Å². The van der Waals surface area contributed by atoms with Gasteiger partial charge in [0, 0.05) is 23.1 Å². The summed E-state index contributed by atoms with van der Waals surface area (Å²) in [5.41, 5.74) is 3.35. The second kappa shape index (κ2) is 8.01. The normalized spacial score (nSPS) is 10.8. The number of rotatable bonds is 6. The first-order valence-corrected chi connectivity index (χ1v) is 8.29. The molecule has 3 rings (SSSR count). The van der Waals surface area contributed by atoms with E-state index < -0.39 is 11.8 Å². The molecule has 0 unspecified atom stereocenters. The molecule has 0 amide bonds. The van der Waals surface area contributed by atoms with Gasteiger partial charge in [-0.25, -0.2) is 9.18 Å². The van der Waals surface area contributed by atoms with Crippen LogP contribution in [0, 0.1) is 5.82 Å². The highest BCUT2D eigenvalue weighted by Gasteiger charge is 2.15. The van der Waals surface area contributed by atoms with Gasteiger partial charge in [0.1, 0.15) is 5.82 Å². The van der Waals surface area contributed by atoms with Crippen molar-refractivity contribution in [2.24, 2.45) is 0 Å². The number of fused-ring (bicyclic) bond motifs is 1. The number of aromatic nitrogens is 1. The maximum absolute atomic E-state index is 13.8. The Hall–Kier alpha value is -3.19. The zero-order valence-corrected chi connectivity index (χ0v) is 15.0. The number of carbonyl (C=O) groups is 2. The van der Waals surface area contributed by atoms with Gasteiger partial charge in [0.15, 0.2) is 0 Å². The van der Waals surface area contributed by atoms with E-state index in [4.69, 9.17) is 4.74 Å². The quantitative estimate of drug-likeness (QED) is 0.652. The third-order valence-electron chi connectivity index (χ3n) is 4.20. The smallest absolute Gasteiger partial charge is 0.338 e. The fourth-order valence-electron chi connectivity index (χ4n) is 2.82. The molecule has 0 aliphatic carbocycles. The van der Waals surface area contributed by atoms with Crippen LogP contribution in [-0.4, -0.2) is 37.7 Å². The van der Waals surface area contributed by atoms with Crippen LogP contribution in [0.5, 0.6) is 0 Å². The van der Waals surface area contributed by atoms with E-state index in [2.05, 4.69) is 15.0 Å². The highest BCUT2D eigenvalue weighted by molar-refractivity contribution is 6.05. The van der Waals surface area contributed by atoms with Crippen LogP contribution in [-0.2, 0) is 20.8 Å². The largest absolute Gasteiger partial charge is 0.468 e. The molecule has 0 fully saturated rings. The van der Waals surface area contributed by atoms with Gasteiger partial charge in [-0.1, -0.05) is 24.3 Å². The molecule has 2 aromatic carbocycles. The molecule has 7 heteroatoms.